The van der Waals surface area contributed by atoms with E-state index in [0.717, 1.165) is 13.8 Å². The fourth-order valence-electron chi connectivity index (χ4n) is 7.02. The Morgan fingerprint density at radius 1 is 0.450 bits per heavy atom. The summed E-state index contributed by atoms with van der Waals surface area (Å²) in [4.78, 5) is 171. The van der Waals surface area contributed by atoms with Crippen LogP contribution in [0.5, 0.6) is 0 Å². The number of primary amides is 2. The summed E-state index contributed by atoms with van der Waals surface area (Å²) >= 11 is 0. The lowest BCUT2D eigenvalue weighted by molar-refractivity contribution is -0.142. The number of unbranched alkanes of at least 4 members (excludes halogenated alkanes) is 2. The lowest BCUT2D eigenvalue weighted by atomic mass is 10.0. The summed E-state index contributed by atoms with van der Waals surface area (Å²) in [5.41, 5.74) is 38.0. The van der Waals surface area contributed by atoms with Gasteiger partial charge in [0, 0.05) is 19.4 Å². The molecular formula is C45H81N17O18. The third-order valence-electron chi connectivity index (χ3n) is 11.5. The Hall–Kier alpha value is -7.86. The van der Waals surface area contributed by atoms with E-state index in [1.54, 1.807) is 0 Å². The molecule has 454 valence electrons. The molecule has 11 amide bonds. The number of guanidine groups is 1. The summed E-state index contributed by atoms with van der Waals surface area (Å²) in [5.74, 6) is -15.6. The number of nitrogens with one attached hydrogen (secondary N) is 9. The molecule has 0 spiro atoms. The topological polar surface area (TPSA) is 626 Å². The van der Waals surface area contributed by atoms with Crippen LogP contribution in [0.4, 0.5) is 0 Å². The number of aliphatic imine (C=N–C) groups is 1. The van der Waals surface area contributed by atoms with E-state index >= 15 is 0 Å². The quantitative estimate of drug-likeness (QED) is 0.0153. The molecule has 0 aromatic heterocycles. The second-order valence-electron chi connectivity index (χ2n) is 18.3. The van der Waals surface area contributed by atoms with Gasteiger partial charge in [0.2, 0.25) is 65.0 Å². The molecule has 0 saturated heterocycles. The van der Waals surface area contributed by atoms with Gasteiger partial charge in [-0.2, -0.15) is 0 Å². The maximum atomic E-state index is 13.7. The molecule has 0 aromatic rings. The normalized spacial score (nSPS) is 15.1. The van der Waals surface area contributed by atoms with Gasteiger partial charge >= 0.3 is 11.9 Å². The van der Waals surface area contributed by atoms with Crippen LogP contribution in [-0.2, 0) is 62.3 Å². The van der Waals surface area contributed by atoms with Crippen LogP contribution in [0.2, 0.25) is 0 Å². The van der Waals surface area contributed by atoms with Gasteiger partial charge in [-0.15, -0.1) is 0 Å². The minimum absolute atomic E-state index is 0.0513. The molecular weight excluding hydrogens is 1070 g/mol. The Balaban J connectivity index is 6.26. The van der Waals surface area contributed by atoms with Gasteiger partial charge in [-0.3, -0.25) is 62.5 Å². The summed E-state index contributed by atoms with van der Waals surface area (Å²) < 4.78 is 0. The van der Waals surface area contributed by atoms with Gasteiger partial charge in [0.15, 0.2) is 5.96 Å². The molecule has 35 heteroatoms. The third-order valence-corrected chi connectivity index (χ3v) is 11.5. The summed E-state index contributed by atoms with van der Waals surface area (Å²) in [6, 6.07) is -16.7. The zero-order valence-electron chi connectivity index (χ0n) is 44.6. The summed E-state index contributed by atoms with van der Waals surface area (Å²) in [6.07, 6.45) is -3.51. The minimum Gasteiger partial charge on any atom is -0.481 e. The largest absolute Gasteiger partial charge is 0.481 e. The molecule has 0 aromatic carbocycles. The van der Waals surface area contributed by atoms with E-state index < -0.39 is 189 Å². The second kappa shape index (κ2) is 38.7. The predicted molar refractivity (Wildman–Crippen MR) is 279 cm³/mol. The first-order valence-corrected chi connectivity index (χ1v) is 25.4. The van der Waals surface area contributed by atoms with Crippen molar-refractivity contribution in [2.24, 2.45) is 45.1 Å². The van der Waals surface area contributed by atoms with Crippen molar-refractivity contribution < 1.29 is 87.9 Å². The molecule has 0 aliphatic heterocycles. The Kier molecular flexibility index (Phi) is 34.9. The van der Waals surface area contributed by atoms with Crippen LogP contribution >= 0.6 is 0 Å². The van der Waals surface area contributed by atoms with E-state index in [9.17, 15) is 87.9 Å². The van der Waals surface area contributed by atoms with Gasteiger partial charge in [-0.1, -0.05) is 6.42 Å². The number of aliphatic hydroxyl groups is 3. The Morgan fingerprint density at radius 2 is 0.863 bits per heavy atom. The van der Waals surface area contributed by atoms with Crippen molar-refractivity contribution in [2.45, 2.75) is 164 Å². The number of hydrogen-bond acceptors (Lipinski definition) is 20. The molecule has 0 aliphatic carbocycles. The van der Waals surface area contributed by atoms with Gasteiger partial charge in [-0.25, -0.2) is 4.79 Å². The minimum atomic E-state index is -2.02. The van der Waals surface area contributed by atoms with Crippen LogP contribution in [-0.4, -0.2) is 208 Å². The molecule has 0 fully saturated rings. The van der Waals surface area contributed by atoms with E-state index in [1.807, 2.05) is 0 Å². The van der Waals surface area contributed by atoms with Gasteiger partial charge in [0.25, 0.3) is 0 Å². The number of aliphatic carboxylic acids is 2. The highest BCUT2D eigenvalue weighted by molar-refractivity contribution is 5.99. The van der Waals surface area contributed by atoms with Crippen molar-refractivity contribution in [1.82, 2.24) is 47.9 Å². The second-order valence-corrected chi connectivity index (χ2v) is 18.3. The van der Waals surface area contributed by atoms with Gasteiger partial charge in [-0.05, 0) is 84.7 Å². The molecule has 80 heavy (non-hydrogen) atoms. The van der Waals surface area contributed by atoms with Gasteiger partial charge in [0.05, 0.1) is 31.8 Å². The Labute approximate surface area is 459 Å². The van der Waals surface area contributed by atoms with Crippen LogP contribution in [0, 0.1) is 0 Å². The van der Waals surface area contributed by atoms with Crippen LogP contribution < -0.4 is 88.0 Å². The number of aliphatic hydroxyl groups excluding tert-OH is 3. The van der Waals surface area contributed by atoms with Crippen LogP contribution in [0.15, 0.2) is 4.99 Å². The lowest BCUT2D eigenvalue weighted by Gasteiger charge is -2.28. The van der Waals surface area contributed by atoms with Crippen molar-refractivity contribution >= 4 is 82.9 Å². The van der Waals surface area contributed by atoms with Gasteiger partial charge in [0.1, 0.15) is 54.4 Å². The number of carbonyl (C=O) groups is 13. The van der Waals surface area contributed by atoms with Crippen LogP contribution in [0.1, 0.15) is 97.3 Å². The average molecular weight is 1150 g/mol. The third kappa shape index (κ3) is 29.2. The van der Waals surface area contributed by atoms with Gasteiger partial charge < -0.3 is 114 Å². The number of nitrogens with zero attached hydrogens (tertiary/aromatic N) is 1. The number of hydrogen-bond donors (Lipinski definition) is 21. The first-order chi connectivity index (χ1) is 37.5. The smallest absolute Gasteiger partial charge is 0.326 e. The highest BCUT2D eigenvalue weighted by Crippen LogP contribution is 2.09. The number of carboxylic acid groups (broad SMARTS) is 2. The summed E-state index contributed by atoms with van der Waals surface area (Å²) in [6.45, 7) is 0.442. The van der Waals surface area contributed by atoms with Crippen molar-refractivity contribution in [2.75, 3.05) is 32.8 Å². The fraction of sp³-hybridized carbons (Fsp3) is 0.689. The zero-order valence-corrected chi connectivity index (χ0v) is 44.6. The lowest BCUT2D eigenvalue weighted by Crippen LogP contribution is -2.62. The summed E-state index contributed by atoms with van der Waals surface area (Å²) in [5, 5.41) is 69.7. The zero-order chi connectivity index (χ0) is 61.2. The predicted octanol–water partition coefficient (Wildman–Crippen LogP) is -10.5. The monoisotopic (exact) mass is 1150 g/mol. The molecule has 0 saturated carbocycles. The maximum Gasteiger partial charge on any atom is 0.326 e. The van der Waals surface area contributed by atoms with Crippen LogP contribution in [0.25, 0.3) is 0 Å². The molecule has 0 heterocycles. The number of nitrogens with two attached hydrogens (primary N) is 7. The Bertz CT molecular complexity index is 2150. The average Bonchev–Trinajstić information content (AvgIpc) is 3.37. The highest BCUT2D eigenvalue weighted by Gasteiger charge is 2.36. The van der Waals surface area contributed by atoms with E-state index in [2.05, 4.69) is 52.8 Å². The number of carboxylic acids is 2. The molecule has 0 rings (SSSR count). The van der Waals surface area contributed by atoms with Crippen molar-refractivity contribution in [3.8, 4) is 0 Å². The van der Waals surface area contributed by atoms with E-state index in [4.69, 9.17) is 40.1 Å². The number of rotatable bonds is 42. The van der Waals surface area contributed by atoms with E-state index in [1.165, 1.54) is 0 Å². The maximum absolute atomic E-state index is 13.7. The first kappa shape index (κ1) is 72.1. The molecule has 0 bridgehead atoms. The Morgan fingerprint density at radius 3 is 1.34 bits per heavy atom. The standard InChI is InChI=1S/C45H81N17O18/c1-21(35(70)60-30(20-64)42(77)55-24(9-4-6-16-47)37(72)58-27(44(79)80)10-7-17-53-45(51)52)54-41(76)29(19-63)61-38(73)25(11-13-31(49)66)57-43(78)34(22(2)65)62-39(74)26(12-14-33(68)69)56-40(75)28(18-32(50)67)59-36(71)23(48)8-3-5-15-46/h21-30,34,63-65H,3-20,46-48H2,1-2H3,(H2,49,66)(H2,50,67)(H,54,76)(H,55,77)(H,56,75)(H,57,78)(H,58,72)(H,59,71)(H,60,70)(H,61,73)(H,62,74)(H,68,69)(H,79,80)(H4,51,52,53)/t21-,22+,23-,24-,25-,26-,27-,28-,29-,30-,34-/m0/s1. The molecule has 0 unspecified atom stereocenters. The van der Waals surface area contributed by atoms with Crippen LogP contribution in [0.3, 0.4) is 0 Å². The highest BCUT2D eigenvalue weighted by atomic mass is 16.4. The number of amides is 11. The van der Waals surface area contributed by atoms with E-state index in [-0.39, 0.29) is 51.2 Å². The molecule has 0 aliphatic rings. The SMILES string of the molecule is C[C@H](NC(=O)[C@H](CO)NC(=O)[C@H](CCC(N)=O)NC(=O)[C@@H](NC(=O)[C@H](CCC(=O)O)NC(=O)[C@H](CC(N)=O)NC(=O)[C@@H](N)CCCCN)[C@@H](C)O)C(=O)N[C@@H](CO)C(=O)N[C@@H](CCCCN)C(=O)N[C@@H](CCCN=C(N)N)C(=O)O. The van der Waals surface area contributed by atoms with Crippen molar-refractivity contribution in [3.05, 3.63) is 0 Å². The fourth-order valence-corrected chi connectivity index (χ4v) is 7.02. The summed E-state index contributed by atoms with van der Waals surface area (Å²) in [7, 11) is 0. The molecule has 11 atom stereocenters. The van der Waals surface area contributed by atoms with Crippen molar-refractivity contribution in [3.63, 3.8) is 0 Å². The molecule has 35 nitrogen and oxygen atoms in total. The molecule has 0 radical (unpaired) electrons. The van der Waals surface area contributed by atoms with Crippen molar-refractivity contribution in [1.29, 1.82) is 0 Å². The van der Waals surface area contributed by atoms with E-state index in [0.29, 0.717) is 25.8 Å². The molecule has 28 N–H and O–H groups in total. The number of carbonyl (C=O) groups excluding carboxylic acids is 11. The first-order valence-electron chi connectivity index (χ1n) is 25.4.